The zero-order valence-electron chi connectivity index (χ0n) is 29.7. The molecule has 0 aliphatic carbocycles. The Bertz CT molecular complexity index is 2120. The number of anilines is 1. The van der Waals surface area contributed by atoms with Gasteiger partial charge in [0.15, 0.2) is 0 Å². The van der Waals surface area contributed by atoms with E-state index in [0.29, 0.717) is 21.1 Å². The number of esters is 1. The number of thioether (sulfide) groups is 1. The van der Waals surface area contributed by atoms with E-state index in [-0.39, 0.29) is 23.8 Å². The molecule has 0 radical (unpaired) electrons. The van der Waals surface area contributed by atoms with Crippen LogP contribution in [0.3, 0.4) is 0 Å². The molecule has 1 aromatic heterocycles. The maximum Gasteiger partial charge on any atom is 0.355 e. The van der Waals surface area contributed by atoms with Gasteiger partial charge in [-0.05, 0) is 40.0 Å². The summed E-state index contributed by atoms with van der Waals surface area (Å²) in [5.74, 6) is -0.536. The van der Waals surface area contributed by atoms with Crippen molar-refractivity contribution >= 4 is 74.5 Å². The number of nitrogens with one attached hydrogen (secondary N) is 2. The van der Waals surface area contributed by atoms with Crippen molar-refractivity contribution in [3.63, 3.8) is 0 Å². The van der Waals surface area contributed by atoms with Gasteiger partial charge in [0, 0.05) is 21.7 Å². The fourth-order valence-corrected chi connectivity index (χ4v) is 9.48. The van der Waals surface area contributed by atoms with Crippen molar-refractivity contribution in [3.05, 3.63) is 155 Å². The van der Waals surface area contributed by atoms with Gasteiger partial charge >= 0.3 is 5.97 Å². The van der Waals surface area contributed by atoms with E-state index in [2.05, 4.69) is 42.8 Å². The Balaban J connectivity index is 1.10. The van der Waals surface area contributed by atoms with E-state index >= 15 is 0 Å². The van der Waals surface area contributed by atoms with E-state index in [1.54, 1.807) is 31.4 Å². The number of halogens is 1. The summed E-state index contributed by atoms with van der Waals surface area (Å²) in [5, 5.41) is 10.3. The lowest BCUT2D eigenvalue weighted by molar-refractivity contribution is -0.153. The van der Waals surface area contributed by atoms with Crippen molar-refractivity contribution in [2.24, 2.45) is 5.16 Å². The topological polar surface area (TPSA) is 144 Å². The van der Waals surface area contributed by atoms with Crippen LogP contribution < -0.4 is 15.4 Å². The average molecular weight is 887 g/mol. The molecule has 280 valence electrons. The number of hydrogen-bond acceptors (Lipinski definition) is 12. The number of benzene rings is 4. The normalized spacial score (nSPS) is 16.8. The lowest BCUT2D eigenvalue weighted by Crippen LogP contribution is -2.71. The molecule has 2 N–H and O–H groups in total. The van der Waals surface area contributed by atoms with Gasteiger partial charge in [-0.1, -0.05) is 131 Å². The number of carbonyl (C=O) groups excluding carboxylic acids is 3. The molecule has 2 aliphatic heterocycles. The maximum atomic E-state index is 13.8. The predicted molar refractivity (Wildman–Crippen MR) is 220 cm³/mol. The molecule has 7 rings (SSSR count). The summed E-state index contributed by atoms with van der Waals surface area (Å²) < 4.78 is 15.9. The monoisotopic (exact) mass is 886 g/mol. The number of aromatic nitrogens is 2. The highest BCUT2D eigenvalue weighted by molar-refractivity contribution is 14.1. The minimum absolute atomic E-state index is 0.0183. The Hall–Kier alpha value is -5.26. The molecule has 15 heteroatoms. The molecule has 2 amide bonds. The second-order valence-electron chi connectivity index (χ2n) is 12.4. The van der Waals surface area contributed by atoms with Gasteiger partial charge in [-0.15, -0.1) is 11.8 Å². The van der Waals surface area contributed by atoms with Crippen molar-refractivity contribution in [1.29, 1.82) is 0 Å². The summed E-state index contributed by atoms with van der Waals surface area (Å²) in [6, 6.07) is 36.3. The van der Waals surface area contributed by atoms with Crippen LogP contribution in [0.2, 0.25) is 0 Å². The molecule has 1 fully saturated rings. The third-order valence-electron chi connectivity index (χ3n) is 9.17. The van der Waals surface area contributed by atoms with Crippen molar-refractivity contribution in [3.8, 4) is 5.75 Å². The zero-order chi connectivity index (χ0) is 38.4. The average Bonchev–Trinajstić information content (AvgIpc) is 3.71. The standard InChI is InChI=1S/C40H35IN6O6S2/c1-51-30-20-18-25(19-21-30)23-53-38(50)33-26(22-41)24-54-37-32(36(49)47(33)37)42-35(48)31(45-52-2)34-43-39(55-46-34)44-40(27-12-6-3-7-13-27,28-14-8-4-9-15-28)29-16-10-5-11-17-29/h3-21,32,37H,22-24H2,1-2H3,(H,42,48)(H,43,44,46)/b45-31-/t32-,37-/m1/s1. The molecule has 3 heterocycles. The first-order chi connectivity index (χ1) is 26.9. The lowest BCUT2D eigenvalue weighted by atomic mass is 9.77. The highest BCUT2D eigenvalue weighted by Crippen LogP contribution is 2.42. The summed E-state index contributed by atoms with van der Waals surface area (Å²) in [7, 11) is 2.90. The van der Waals surface area contributed by atoms with Crippen LogP contribution in [0.15, 0.2) is 132 Å². The van der Waals surface area contributed by atoms with Gasteiger partial charge in [0.2, 0.25) is 16.7 Å². The number of hydrogen-bond donors (Lipinski definition) is 2. The maximum absolute atomic E-state index is 13.8. The van der Waals surface area contributed by atoms with Gasteiger partial charge in [-0.3, -0.25) is 14.5 Å². The number of carbonyl (C=O) groups is 3. The minimum Gasteiger partial charge on any atom is -0.497 e. The highest BCUT2D eigenvalue weighted by Gasteiger charge is 2.54. The fraction of sp³-hybridized carbons (Fsp3) is 0.200. The van der Waals surface area contributed by atoms with Crippen LogP contribution >= 0.6 is 45.9 Å². The molecule has 0 unspecified atom stereocenters. The first-order valence-electron chi connectivity index (χ1n) is 17.1. The summed E-state index contributed by atoms with van der Waals surface area (Å²) in [5.41, 5.74) is 3.59. The van der Waals surface area contributed by atoms with Crippen molar-refractivity contribution in [2.75, 3.05) is 29.7 Å². The third-order valence-corrected chi connectivity index (χ3v) is 12.1. The Kier molecular flexibility index (Phi) is 11.8. The number of β-lactam (4-membered cyclic amide) rings is 1. The van der Waals surface area contributed by atoms with E-state index in [4.69, 9.17) is 19.3 Å². The lowest BCUT2D eigenvalue weighted by Gasteiger charge is -2.49. The van der Waals surface area contributed by atoms with Crippen LogP contribution in [-0.2, 0) is 36.1 Å². The highest BCUT2D eigenvalue weighted by atomic mass is 127. The molecular weight excluding hydrogens is 852 g/mol. The Morgan fingerprint density at radius 2 is 1.51 bits per heavy atom. The Morgan fingerprint density at radius 1 is 0.909 bits per heavy atom. The van der Waals surface area contributed by atoms with Gasteiger partial charge in [-0.25, -0.2) is 4.79 Å². The van der Waals surface area contributed by atoms with Crippen LogP contribution in [0.4, 0.5) is 5.13 Å². The Labute approximate surface area is 339 Å². The van der Waals surface area contributed by atoms with E-state index < -0.39 is 34.7 Å². The number of methoxy groups -OCH3 is 1. The second-order valence-corrected chi connectivity index (χ2v) is 15.0. The van der Waals surface area contributed by atoms with Crippen LogP contribution in [0.5, 0.6) is 5.75 Å². The van der Waals surface area contributed by atoms with Crippen LogP contribution in [0, 0.1) is 0 Å². The predicted octanol–water partition coefficient (Wildman–Crippen LogP) is 6.13. The van der Waals surface area contributed by atoms with Crippen LogP contribution in [0.1, 0.15) is 28.1 Å². The summed E-state index contributed by atoms with van der Waals surface area (Å²) in [6.07, 6.45) is 0. The third kappa shape index (κ3) is 7.68. The largest absolute Gasteiger partial charge is 0.497 e. The van der Waals surface area contributed by atoms with E-state index in [1.807, 2.05) is 91.0 Å². The fourth-order valence-electron chi connectivity index (χ4n) is 6.51. The van der Waals surface area contributed by atoms with Gasteiger partial charge in [0.05, 0.1) is 7.11 Å². The molecule has 4 aromatic carbocycles. The van der Waals surface area contributed by atoms with Crippen molar-refractivity contribution in [1.82, 2.24) is 19.6 Å². The molecule has 2 atom stereocenters. The minimum atomic E-state index is -0.933. The molecule has 0 spiro atoms. The number of alkyl halides is 1. The Morgan fingerprint density at radius 3 is 2.05 bits per heavy atom. The van der Waals surface area contributed by atoms with Crippen LogP contribution in [0.25, 0.3) is 0 Å². The molecule has 1 saturated heterocycles. The first kappa shape index (κ1) is 38.0. The summed E-state index contributed by atoms with van der Waals surface area (Å²) >= 11 is 4.70. The van der Waals surface area contributed by atoms with Crippen molar-refractivity contribution in [2.45, 2.75) is 23.6 Å². The quantitative estimate of drug-likeness (QED) is 0.0254. The number of rotatable bonds is 14. The van der Waals surface area contributed by atoms with E-state index in [1.165, 1.54) is 23.8 Å². The SMILES string of the molecule is CO/N=C(\C(=O)N[C@@H]1C(=O)N2C(C(=O)OCc3ccc(OC)cc3)=C(CI)CS[C@H]12)c1nsc(NC(c2ccccc2)(c2ccccc2)c2ccccc2)n1. The van der Waals surface area contributed by atoms with Crippen LogP contribution in [-0.4, -0.2) is 73.6 Å². The second kappa shape index (κ2) is 17.0. The smallest absolute Gasteiger partial charge is 0.355 e. The number of amides is 2. The van der Waals surface area contributed by atoms with Gasteiger partial charge in [0.1, 0.15) is 42.1 Å². The molecule has 2 aliphatic rings. The molecule has 12 nitrogen and oxygen atoms in total. The molecule has 0 bridgehead atoms. The number of nitrogens with zero attached hydrogens (tertiary/aromatic N) is 4. The summed E-state index contributed by atoms with van der Waals surface area (Å²) in [4.78, 5) is 52.1. The molecule has 5 aromatic rings. The molecule has 0 saturated carbocycles. The summed E-state index contributed by atoms with van der Waals surface area (Å²) in [6.45, 7) is 0.0261. The van der Waals surface area contributed by atoms with Gasteiger partial charge < -0.3 is 24.9 Å². The van der Waals surface area contributed by atoms with Gasteiger partial charge in [0.25, 0.3) is 11.8 Å². The van der Waals surface area contributed by atoms with Gasteiger partial charge in [-0.2, -0.15) is 9.36 Å². The zero-order valence-corrected chi connectivity index (χ0v) is 33.5. The number of fused-ring (bicyclic) bond motifs is 1. The number of oxime groups is 1. The van der Waals surface area contributed by atoms with E-state index in [0.717, 1.165) is 39.4 Å². The number of ether oxygens (including phenoxy) is 2. The van der Waals surface area contributed by atoms with E-state index in [9.17, 15) is 14.4 Å². The van der Waals surface area contributed by atoms with Crippen molar-refractivity contribution < 1.29 is 28.7 Å². The molecule has 55 heavy (non-hydrogen) atoms. The molecular formula is C40H35IN6O6S2. The first-order valence-corrected chi connectivity index (χ1v) is 20.5.